The first kappa shape index (κ1) is 18.0. The Morgan fingerprint density at radius 2 is 2.08 bits per heavy atom. The van der Waals surface area contributed by atoms with Gasteiger partial charge in [-0.1, -0.05) is 29.8 Å². The van der Waals surface area contributed by atoms with Crippen LogP contribution in [-0.2, 0) is 6.61 Å². The normalized spacial score (nSPS) is 11.0. The number of aromatic hydroxyl groups is 1. The van der Waals surface area contributed by atoms with Crippen LogP contribution in [0.1, 0.15) is 11.4 Å². The fourth-order valence-corrected chi connectivity index (χ4v) is 2.55. The van der Waals surface area contributed by atoms with Gasteiger partial charge in [0.05, 0.1) is 18.3 Å². The first-order chi connectivity index (χ1) is 12.6. The molecule has 0 fully saturated rings. The van der Waals surface area contributed by atoms with Gasteiger partial charge in [0.2, 0.25) is 4.77 Å². The summed E-state index contributed by atoms with van der Waals surface area (Å²) < 4.78 is 12.4. The topological polar surface area (TPSA) is 84.7 Å². The number of H-pyrrole nitrogens is 1. The van der Waals surface area contributed by atoms with Crippen molar-refractivity contribution in [1.82, 2.24) is 14.9 Å². The second-order valence-electron chi connectivity index (χ2n) is 5.12. The highest BCUT2D eigenvalue weighted by atomic mass is 35.5. The number of nitrogens with zero attached hydrogens (tertiary/aromatic N) is 3. The Morgan fingerprint density at radius 3 is 2.81 bits per heavy atom. The highest BCUT2D eigenvalue weighted by Crippen LogP contribution is 2.35. The van der Waals surface area contributed by atoms with Crippen LogP contribution in [0.5, 0.6) is 17.2 Å². The third-order valence-electron chi connectivity index (χ3n) is 3.47. The zero-order chi connectivity index (χ0) is 18.5. The van der Waals surface area contributed by atoms with Gasteiger partial charge in [-0.25, -0.2) is 5.10 Å². The number of phenols is 1. The van der Waals surface area contributed by atoms with Crippen LogP contribution in [0.4, 0.5) is 0 Å². The van der Waals surface area contributed by atoms with Crippen LogP contribution in [0.2, 0.25) is 5.02 Å². The van der Waals surface area contributed by atoms with Gasteiger partial charge < -0.3 is 14.6 Å². The molecule has 0 aliphatic carbocycles. The van der Waals surface area contributed by atoms with E-state index in [-0.39, 0.29) is 23.1 Å². The Kier molecular flexibility index (Phi) is 5.55. The summed E-state index contributed by atoms with van der Waals surface area (Å²) in [4.78, 5) is 0. The molecule has 26 heavy (non-hydrogen) atoms. The first-order valence-corrected chi connectivity index (χ1v) is 8.32. The molecule has 0 radical (unpaired) electrons. The molecule has 1 aromatic heterocycles. The van der Waals surface area contributed by atoms with Crippen LogP contribution in [0.15, 0.2) is 47.6 Å². The van der Waals surface area contributed by atoms with Crippen LogP contribution >= 0.6 is 23.8 Å². The minimum Gasteiger partial charge on any atom is -0.503 e. The Bertz CT molecular complexity index is 985. The molecule has 0 saturated carbocycles. The second-order valence-corrected chi connectivity index (χ2v) is 5.89. The zero-order valence-corrected chi connectivity index (χ0v) is 15.3. The van der Waals surface area contributed by atoms with Crippen molar-refractivity contribution in [2.75, 3.05) is 7.11 Å². The molecule has 0 spiro atoms. The molecule has 0 saturated heterocycles. The molecule has 0 aliphatic heterocycles. The summed E-state index contributed by atoms with van der Waals surface area (Å²) in [6.45, 7) is 0.177. The van der Waals surface area contributed by atoms with Gasteiger partial charge in [-0.05, 0) is 36.5 Å². The van der Waals surface area contributed by atoms with Gasteiger partial charge in [-0.3, -0.25) is 0 Å². The number of hydrogen-bond acceptors (Lipinski definition) is 6. The summed E-state index contributed by atoms with van der Waals surface area (Å²) in [5, 5.41) is 21.2. The predicted molar refractivity (Wildman–Crippen MR) is 101 cm³/mol. The van der Waals surface area contributed by atoms with E-state index in [0.29, 0.717) is 21.9 Å². The summed E-state index contributed by atoms with van der Waals surface area (Å²) in [5.41, 5.74) is 0.503. The van der Waals surface area contributed by atoms with Crippen molar-refractivity contribution in [2.45, 2.75) is 6.61 Å². The van der Waals surface area contributed by atoms with Gasteiger partial charge >= 0.3 is 0 Å². The highest BCUT2D eigenvalue weighted by Gasteiger charge is 2.11. The molecule has 2 aromatic carbocycles. The van der Waals surface area contributed by atoms with E-state index in [1.807, 2.05) is 30.3 Å². The van der Waals surface area contributed by atoms with Crippen molar-refractivity contribution in [1.29, 1.82) is 0 Å². The van der Waals surface area contributed by atoms with Gasteiger partial charge in [0.1, 0.15) is 12.4 Å². The number of para-hydroxylation sites is 1. The molecule has 9 heteroatoms. The number of rotatable bonds is 6. The average Bonchev–Trinajstić information content (AvgIpc) is 3.02. The predicted octanol–water partition coefficient (Wildman–Crippen LogP) is 3.77. The van der Waals surface area contributed by atoms with Gasteiger partial charge in [0, 0.05) is 5.56 Å². The summed E-state index contributed by atoms with van der Waals surface area (Å²) in [5.74, 6) is 1.33. The van der Waals surface area contributed by atoms with E-state index < -0.39 is 0 Å². The average molecular weight is 391 g/mol. The maximum atomic E-state index is 9.97. The summed E-state index contributed by atoms with van der Waals surface area (Å²) in [6, 6.07) is 12.6. The third-order valence-corrected chi connectivity index (χ3v) is 4.13. The van der Waals surface area contributed by atoms with Crippen molar-refractivity contribution in [3.63, 3.8) is 0 Å². The van der Waals surface area contributed by atoms with Crippen LogP contribution in [-0.4, -0.2) is 33.3 Å². The molecule has 0 unspecified atom stereocenters. The van der Waals surface area contributed by atoms with Crippen molar-refractivity contribution < 1.29 is 14.6 Å². The van der Waals surface area contributed by atoms with Crippen LogP contribution in [0, 0.1) is 4.77 Å². The van der Waals surface area contributed by atoms with E-state index >= 15 is 0 Å². The lowest BCUT2D eigenvalue weighted by atomic mass is 10.2. The number of halogens is 1. The molecule has 0 amide bonds. The Labute approximate surface area is 159 Å². The molecule has 7 nitrogen and oxygen atoms in total. The largest absolute Gasteiger partial charge is 0.503 e. The molecular formula is C17H15ClN4O3S. The van der Waals surface area contributed by atoms with E-state index in [1.54, 1.807) is 12.1 Å². The van der Waals surface area contributed by atoms with E-state index in [2.05, 4.69) is 15.3 Å². The Morgan fingerprint density at radius 1 is 1.31 bits per heavy atom. The van der Waals surface area contributed by atoms with Crippen LogP contribution in [0.3, 0.4) is 0 Å². The maximum absolute atomic E-state index is 9.97. The van der Waals surface area contributed by atoms with Crippen molar-refractivity contribution in [3.8, 4) is 17.2 Å². The molecule has 2 N–H and O–H groups in total. The monoisotopic (exact) mass is 390 g/mol. The van der Waals surface area contributed by atoms with Crippen LogP contribution in [0.25, 0.3) is 0 Å². The second kappa shape index (κ2) is 8.03. The third kappa shape index (κ3) is 3.87. The lowest BCUT2D eigenvalue weighted by Gasteiger charge is -2.07. The number of aromatic nitrogens is 3. The lowest BCUT2D eigenvalue weighted by molar-refractivity contribution is 0.290. The van der Waals surface area contributed by atoms with Gasteiger partial charge in [0.15, 0.2) is 17.3 Å². The van der Waals surface area contributed by atoms with Crippen molar-refractivity contribution in [3.05, 3.63) is 63.6 Å². The SMILES string of the molecule is COc1ccc(/C=N\n2c(COc3ccccc3)n[nH]c2=S)c(Cl)c1O. The van der Waals surface area contributed by atoms with Gasteiger partial charge in [-0.2, -0.15) is 14.9 Å². The lowest BCUT2D eigenvalue weighted by Crippen LogP contribution is -2.04. The molecule has 0 atom stereocenters. The van der Waals surface area contributed by atoms with E-state index in [4.69, 9.17) is 33.3 Å². The van der Waals surface area contributed by atoms with Crippen molar-refractivity contribution >= 4 is 30.0 Å². The number of phenolic OH excluding ortho intramolecular Hbond substituents is 1. The summed E-state index contributed by atoms with van der Waals surface area (Å²) in [6.07, 6.45) is 1.47. The van der Waals surface area contributed by atoms with Gasteiger partial charge in [0.25, 0.3) is 0 Å². The fourth-order valence-electron chi connectivity index (χ4n) is 2.15. The molecule has 3 aromatic rings. The number of hydrogen-bond donors (Lipinski definition) is 2. The number of benzene rings is 2. The van der Waals surface area contributed by atoms with Crippen LogP contribution < -0.4 is 9.47 Å². The Hall–Kier alpha value is -2.84. The van der Waals surface area contributed by atoms with E-state index in [0.717, 1.165) is 0 Å². The van der Waals surface area contributed by atoms with E-state index in [1.165, 1.54) is 18.0 Å². The maximum Gasteiger partial charge on any atom is 0.216 e. The molecule has 3 rings (SSSR count). The van der Waals surface area contributed by atoms with Crippen molar-refractivity contribution in [2.24, 2.45) is 5.10 Å². The van der Waals surface area contributed by atoms with Gasteiger partial charge in [-0.15, -0.1) is 0 Å². The molecule has 134 valence electrons. The zero-order valence-electron chi connectivity index (χ0n) is 13.7. The molecule has 0 bridgehead atoms. The first-order valence-electron chi connectivity index (χ1n) is 7.54. The molecule has 1 heterocycles. The minimum absolute atomic E-state index is 0.130. The molecular weight excluding hydrogens is 376 g/mol. The van der Waals surface area contributed by atoms with E-state index in [9.17, 15) is 5.11 Å². The number of methoxy groups -OCH3 is 1. The quantitative estimate of drug-likeness (QED) is 0.494. The molecule has 0 aliphatic rings. The summed E-state index contributed by atoms with van der Waals surface area (Å²) >= 11 is 11.3. The number of ether oxygens (including phenoxy) is 2. The highest BCUT2D eigenvalue weighted by molar-refractivity contribution is 7.71. The number of aromatic amines is 1. The number of nitrogens with one attached hydrogen (secondary N) is 1. The summed E-state index contributed by atoms with van der Waals surface area (Å²) in [7, 11) is 1.45. The Balaban J connectivity index is 1.82. The fraction of sp³-hybridized carbons (Fsp3) is 0.118. The minimum atomic E-state index is -0.151. The smallest absolute Gasteiger partial charge is 0.216 e. The standard InChI is InChI=1S/C17H15ClN4O3S/c1-24-13-8-7-11(15(18)16(13)23)9-19-22-14(20-21-17(22)26)10-25-12-5-3-2-4-6-12/h2-9,23H,10H2,1H3,(H,21,26)/b19-9-.